The van der Waals surface area contributed by atoms with Gasteiger partial charge in [0, 0.05) is 43.2 Å². The van der Waals surface area contributed by atoms with Crippen molar-refractivity contribution >= 4 is 17.5 Å². The fourth-order valence-electron chi connectivity index (χ4n) is 3.32. The Balaban J connectivity index is 1.73. The van der Waals surface area contributed by atoms with E-state index in [-0.39, 0.29) is 5.78 Å². The lowest BCUT2D eigenvalue weighted by atomic mass is 10.1. The molecule has 0 aliphatic heterocycles. The molecule has 3 aromatic rings. The van der Waals surface area contributed by atoms with Gasteiger partial charge in [-0.1, -0.05) is 36.0 Å². The SMILES string of the molecule is COCCn1c(C)cc(C(=O)CSc2nnc(-c3ccccc3C)n2C)c1C. The molecule has 0 saturated heterocycles. The monoisotopic (exact) mass is 398 g/mol. The highest BCUT2D eigenvalue weighted by Gasteiger charge is 2.18. The molecule has 1 aromatic carbocycles. The Labute approximate surface area is 169 Å². The lowest BCUT2D eigenvalue weighted by Gasteiger charge is -2.09. The second kappa shape index (κ2) is 8.75. The van der Waals surface area contributed by atoms with Crippen molar-refractivity contribution in [3.05, 3.63) is 52.8 Å². The fourth-order valence-corrected chi connectivity index (χ4v) is 4.11. The number of carbonyl (C=O) groups is 1. The van der Waals surface area contributed by atoms with Gasteiger partial charge in [0.25, 0.3) is 0 Å². The second-order valence-corrected chi connectivity index (χ2v) is 7.76. The Bertz CT molecular complexity index is 990. The summed E-state index contributed by atoms with van der Waals surface area (Å²) in [5.74, 6) is 1.24. The van der Waals surface area contributed by atoms with Crippen LogP contribution in [0.25, 0.3) is 11.4 Å². The quantitative estimate of drug-likeness (QED) is 0.426. The van der Waals surface area contributed by atoms with Crippen LogP contribution in [-0.4, -0.2) is 44.6 Å². The molecule has 0 aliphatic carbocycles. The normalized spacial score (nSPS) is 11.2. The van der Waals surface area contributed by atoms with Crippen LogP contribution in [0.1, 0.15) is 27.3 Å². The molecule has 0 fully saturated rings. The molecule has 148 valence electrons. The van der Waals surface area contributed by atoms with Crippen molar-refractivity contribution in [2.24, 2.45) is 7.05 Å². The maximum atomic E-state index is 12.8. The van der Waals surface area contributed by atoms with E-state index in [2.05, 4.69) is 27.8 Å². The largest absolute Gasteiger partial charge is 0.383 e. The zero-order chi connectivity index (χ0) is 20.3. The molecule has 3 rings (SSSR count). The highest BCUT2D eigenvalue weighted by atomic mass is 32.2. The summed E-state index contributed by atoms with van der Waals surface area (Å²) in [5, 5.41) is 9.35. The van der Waals surface area contributed by atoms with E-state index < -0.39 is 0 Å². The zero-order valence-corrected chi connectivity index (χ0v) is 17.8. The number of methoxy groups -OCH3 is 1. The van der Waals surface area contributed by atoms with Crippen molar-refractivity contribution in [2.75, 3.05) is 19.5 Å². The van der Waals surface area contributed by atoms with Gasteiger partial charge in [-0.05, 0) is 32.4 Å². The molecule has 0 bridgehead atoms. The molecule has 28 heavy (non-hydrogen) atoms. The molecule has 7 heteroatoms. The van der Waals surface area contributed by atoms with Gasteiger partial charge in [0.05, 0.1) is 12.4 Å². The van der Waals surface area contributed by atoms with Crippen LogP contribution in [0.5, 0.6) is 0 Å². The molecule has 0 amide bonds. The van der Waals surface area contributed by atoms with E-state index in [4.69, 9.17) is 4.74 Å². The van der Waals surface area contributed by atoms with Crippen LogP contribution in [0, 0.1) is 20.8 Å². The van der Waals surface area contributed by atoms with Gasteiger partial charge in [0.2, 0.25) is 0 Å². The third-order valence-electron chi connectivity index (χ3n) is 4.95. The molecule has 0 unspecified atom stereocenters. The van der Waals surface area contributed by atoms with Crippen LogP contribution in [-0.2, 0) is 18.3 Å². The summed E-state index contributed by atoms with van der Waals surface area (Å²) in [6.07, 6.45) is 0. The summed E-state index contributed by atoms with van der Waals surface area (Å²) >= 11 is 1.42. The summed E-state index contributed by atoms with van der Waals surface area (Å²) < 4.78 is 9.23. The number of benzene rings is 1. The molecule has 0 aliphatic rings. The Hall–Kier alpha value is -2.38. The van der Waals surface area contributed by atoms with Gasteiger partial charge in [-0.3, -0.25) is 4.79 Å². The standard InChI is InChI=1S/C21H26N4O2S/c1-14-8-6-7-9-17(14)20-22-23-21(24(20)4)28-13-19(26)18-12-15(2)25(16(18)3)10-11-27-5/h6-9,12H,10-11,13H2,1-5H3. The van der Waals surface area contributed by atoms with E-state index in [0.29, 0.717) is 12.4 Å². The van der Waals surface area contributed by atoms with Crippen LogP contribution in [0.3, 0.4) is 0 Å². The van der Waals surface area contributed by atoms with E-state index in [1.54, 1.807) is 7.11 Å². The summed E-state index contributed by atoms with van der Waals surface area (Å²) in [4.78, 5) is 12.8. The summed E-state index contributed by atoms with van der Waals surface area (Å²) in [6, 6.07) is 10.1. The number of ether oxygens (including phenoxy) is 1. The lowest BCUT2D eigenvalue weighted by molar-refractivity contribution is 0.102. The molecule has 2 aromatic heterocycles. The number of carbonyl (C=O) groups excluding carboxylic acids is 1. The summed E-state index contributed by atoms with van der Waals surface area (Å²) in [6.45, 7) is 7.43. The van der Waals surface area contributed by atoms with E-state index in [9.17, 15) is 4.79 Å². The van der Waals surface area contributed by atoms with Gasteiger partial charge in [-0.15, -0.1) is 10.2 Å². The molecule has 0 saturated carbocycles. The third kappa shape index (κ3) is 4.05. The zero-order valence-electron chi connectivity index (χ0n) is 17.0. The second-order valence-electron chi connectivity index (χ2n) is 6.82. The minimum absolute atomic E-state index is 0.0993. The third-order valence-corrected chi connectivity index (χ3v) is 5.97. The van der Waals surface area contributed by atoms with E-state index in [0.717, 1.165) is 45.6 Å². The van der Waals surface area contributed by atoms with Gasteiger partial charge in [0.15, 0.2) is 16.8 Å². The molecular formula is C21H26N4O2S. The van der Waals surface area contributed by atoms with Gasteiger partial charge >= 0.3 is 0 Å². The number of hydrogen-bond donors (Lipinski definition) is 0. The molecular weight excluding hydrogens is 372 g/mol. The number of ketones is 1. The van der Waals surface area contributed by atoms with Crippen LogP contribution >= 0.6 is 11.8 Å². The number of nitrogens with zero attached hydrogens (tertiary/aromatic N) is 4. The molecule has 0 radical (unpaired) electrons. The van der Waals surface area contributed by atoms with E-state index in [1.165, 1.54) is 11.8 Å². The first-order valence-electron chi connectivity index (χ1n) is 9.21. The number of rotatable bonds is 8. The predicted octanol–water partition coefficient (Wildman–Crippen LogP) is 3.83. The van der Waals surface area contributed by atoms with E-state index in [1.807, 2.05) is 49.7 Å². The topological polar surface area (TPSA) is 61.9 Å². The van der Waals surface area contributed by atoms with Crippen LogP contribution in [0.4, 0.5) is 0 Å². The number of Topliss-reactive ketones (excluding diaryl/α,β-unsaturated/α-hetero) is 1. The number of thioether (sulfide) groups is 1. The van der Waals surface area contributed by atoms with Crippen molar-refractivity contribution < 1.29 is 9.53 Å². The van der Waals surface area contributed by atoms with Crippen molar-refractivity contribution in [2.45, 2.75) is 32.5 Å². The number of aromatic nitrogens is 4. The Morgan fingerprint density at radius 2 is 1.93 bits per heavy atom. The first kappa shape index (κ1) is 20.4. The maximum Gasteiger partial charge on any atom is 0.191 e. The Morgan fingerprint density at radius 3 is 2.64 bits per heavy atom. The number of hydrogen-bond acceptors (Lipinski definition) is 5. The fraction of sp³-hybridized carbons (Fsp3) is 0.381. The average Bonchev–Trinajstić information content (AvgIpc) is 3.18. The first-order chi connectivity index (χ1) is 13.4. The maximum absolute atomic E-state index is 12.8. The van der Waals surface area contributed by atoms with Crippen LogP contribution < -0.4 is 0 Å². The number of aryl methyl sites for hydroxylation is 2. The minimum Gasteiger partial charge on any atom is -0.383 e. The van der Waals surface area contributed by atoms with Crippen LogP contribution in [0.2, 0.25) is 0 Å². The predicted molar refractivity (Wildman–Crippen MR) is 112 cm³/mol. The molecule has 2 heterocycles. The highest BCUT2D eigenvalue weighted by Crippen LogP contribution is 2.26. The Morgan fingerprint density at radius 1 is 1.18 bits per heavy atom. The molecule has 0 atom stereocenters. The van der Waals surface area contributed by atoms with Crippen LogP contribution in [0.15, 0.2) is 35.5 Å². The smallest absolute Gasteiger partial charge is 0.191 e. The highest BCUT2D eigenvalue weighted by molar-refractivity contribution is 7.99. The van der Waals surface area contributed by atoms with Gasteiger partial charge in [-0.25, -0.2) is 0 Å². The van der Waals surface area contributed by atoms with Crippen molar-refractivity contribution in [3.8, 4) is 11.4 Å². The van der Waals surface area contributed by atoms with Crippen molar-refractivity contribution in [1.82, 2.24) is 19.3 Å². The van der Waals surface area contributed by atoms with Crippen molar-refractivity contribution in [1.29, 1.82) is 0 Å². The van der Waals surface area contributed by atoms with Gasteiger partial charge in [0.1, 0.15) is 0 Å². The molecule has 6 nitrogen and oxygen atoms in total. The summed E-state index contributed by atoms with van der Waals surface area (Å²) in [7, 11) is 3.62. The van der Waals surface area contributed by atoms with Crippen molar-refractivity contribution in [3.63, 3.8) is 0 Å². The minimum atomic E-state index is 0.0993. The Kier molecular flexibility index (Phi) is 6.36. The van der Waals surface area contributed by atoms with Gasteiger partial charge in [-0.2, -0.15) is 0 Å². The molecule has 0 N–H and O–H groups in total. The summed E-state index contributed by atoms with van der Waals surface area (Å²) in [5.41, 5.74) is 5.02. The van der Waals surface area contributed by atoms with Gasteiger partial charge < -0.3 is 13.9 Å². The van der Waals surface area contributed by atoms with E-state index >= 15 is 0 Å². The average molecular weight is 399 g/mol. The lowest BCUT2D eigenvalue weighted by Crippen LogP contribution is -2.10. The molecule has 0 spiro atoms. The first-order valence-corrected chi connectivity index (χ1v) is 10.2.